The fourth-order valence-electron chi connectivity index (χ4n) is 4.42. The molecule has 0 saturated heterocycles. The van der Waals surface area contributed by atoms with Crippen molar-refractivity contribution in [2.45, 2.75) is 163 Å². The van der Waals surface area contributed by atoms with Crippen LogP contribution in [0.5, 0.6) is 0 Å². The lowest BCUT2D eigenvalue weighted by molar-refractivity contribution is -0.121. The largest absolute Gasteiger partial charge is 0.356 e. The highest BCUT2D eigenvalue weighted by molar-refractivity contribution is 5.75. The Bertz CT molecular complexity index is 580. The Labute approximate surface area is 220 Å². The van der Waals surface area contributed by atoms with E-state index < -0.39 is 0 Å². The van der Waals surface area contributed by atoms with Gasteiger partial charge in [-0.3, -0.25) is 4.79 Å². The Hall–Kier alpha value is -1.31. The fraction of sp³-hybridized carbons (Fsp3) is 0.788. The lowest BCUT2D eigenvalue weighted by Crippen LogP contribution is -2.23. The van der Waals surface area contributed by atoms with Gasteiger partial charge in [-0.25, -0.2) is 0 Å². The van der Waals surface area contributed by atoms with Crippen LogP contribution in [0.3, 0.4) is 0 Å². The quantitative estimate of drug-likeness (QED) is 0.106. The molecule has 1 amide bonds. The predicted octanol–water partition coefficient (Wildman–Crippen LogP) is 10.8. The molecule has 2 nitrogen and oxygen atoms in total. The number of rotatable bonds is 24. The van der Waals surface area contributed by atoms with Gasteiger partial charge in [0.05, 0.1) is 0 Å². The second kappa shape index (κ2) is 25.8. The van der Waals surface area contributed by atoms with Gasteiger partial charge in [0, 0.05) is 13.0 Å². The van der Waals surface area contributed by atoms with E-state index in [1.807, 2.05) is 0 Å². The average Bonchev–Trinajstić information content (AvgIpc) is 2.81. The van der Waals surface area contributed by atoms with Crippen LogP contribution in [-0.4, -0.2) is 12.5 Å². The molecule has 0 aliphatic carbocycles. The molecule has 2 heteroatoms. The third-order valence-corrected chi connectivity index (χ3v) is 6.84. The van der Waals surface area contributed by atoms with Gasteiger partial charge in [0.1, 0.15) is 0 Å². The summed E-state index contributed by atoms with van der Waals surface area (Å²) in [6.45, 7) is 11.9. The summed E-state index contributed by atoms with van der Waals surface area (Å²) in [7, 11) is 0. The maximum Gasteiger partial charge on any atom is 0.220 e. The van der Waals surface area contributed by atoms with Gasteiger partial charge in [0.25, 0.3) is 0 Å². The average molecular weight is 488 g/mol. The highest BCUT2D eigenvalue weighted by Crippen LogP contribution is 2.14. The number of amides is 1. The SMILES string of the molecule is CCCCCCCCCCCCCCCCNC(=O)CC/C=C(\C)CC/C=C(\C)CCC=C(C)C. The number of carbonyl (C=O) groups is 1. The van der Waals surface area contributed by atoms with Crippen LogP contribution in [0.2, 0.25) is 0 Å². The van der Waals surface area contributed by atoms with Crippen LogP contribution in [0, 0.1) is 0 Å². The van der Waals surface area contributed by atoms with Gasteiger partial charge in [-0.1, -0.05) is 125 Å². The van der Waals surface area contributed by atoms with Crippen molar-refractivity contribution in [1.82, 2.24) is 5.32 Å². The molecule has 1 N–H and O–H groups in total. The van der Waals surface area contributed by atoms with Crippen molar-refractivity contribution in [3.8, 4) is 0 Å². The minimum atomic E-state index is 0.207. The molecule has 204 valence electrons. The molecule has 0 atom stereocenters. The number of unbranched alkanes of at least 4 members (excludes halogenated alkanes) is 13. The fourth-order valence-corrected chi connectivity index (χ4v) is 4.42. The van der Waals surface area contributed by atoms with Crippen LogP contribution in [0.25, 0.3) is 0 Å². The number of nitrogens with one attached hydrogen (secondary N) is 1. The van der Waals surface area contributed by atoms with Crippen molar-refractivity contribution in [3.63, 3.8) is 0 Å². The molecule has 0 aromatic carbocycles. The third-order valence-electron chi connectivity index (χ3n) is 6.84. The van der Waals surface area contributed by atoms with Gasteiger partial charge in [-0.05, 0) is 66.2 Å². The molecular formula is C33H61NO. The van der Waals surface area contributed by atoms with Gasteiger partial charge < -0.3 is 5.32 Å². The summed E-state index contributed by atoms with van der Waals surface area (Å²) < 4.78 is 0. The van der Waals surface area contributed by atoms with E-state index in [4.69, 9.17) is 0 Å². The van der Waals surface area contributed by atoms with E-state index >= 15 is 0 Å². The number of carbonyl (C=O) groups excluding carboxylic acids is 1. The minimum absolute atomic E-state index is 0.207. The third kappa shape index (κ3) is 27.1. The summed E-state index contributed by atoms with van der Waals surface area (Å²) in [6.07, 6.45) is 32.1. The Balaban J connectivity index is 3.52. The highest BCUT2D eigenvalue weighted by atomic mass is 16.1. The van der Waals surface area contributed by atoms with Crippen LogP contribution in [-0.2, 0) is 4.79 Å². The molecule has 0 fully saturated rings. The van der Waals surface area contributed by atoms with Crippen LogP contribution in [0.1, 0.15) is 163 Å². The molecule has 0 rings (SSSR count). The first-order chi connectivity index (χ1) is 17.0. The maximum atomic E-state index is 12.1. The molecule has 0 bridgehead atoms. The van der Waals surface area contributed by atoms with E-state index in [9.17, 15) is 4.79 Å². The van der Waals surface area contributed by atoms with Crippen LogP contribution in [0.15, 0.2) is 34.9 Å². The van der Waals surface area contributed by atoms with E-state index in [0.717, 1.165) is 45.1 Å². The zero-order chi connectivity index (χ0) is 26.0. The summed E-state index contributed by atoms with van der Waals surface area (Å²) in [5.41, 5.74) is 4.29. The van der Waals surface area contributed by atoms with Gasteiger partial charge in [0.2, 0.25) is 5.91 Å². The van der Waals surface area contributed by atoms with Crippen molar-refractivity contribution < 1.29 is 4.79 Å². The number of hydrogen-bond acceptors (Lipinski definition) is 1. The van der Waals surface area contributed by atoms with Crippen LogP contribution < -0.4 is 5.32 Å². The molecule has 0 aromatic rings. The summed E-state index contributed by atoms with van der Waals surface area (Å²) in [5, 5.41) is 3.10. The van der Waals surface area contributed by atoms with Crippen molar-refractivity contribution in [1.29, 1.82) is 0 Å². The minimum Gasteiger partial charge on any atom is -0.356 e. The Morgan fingerprint density at radius 1 is 0.543 bits per heavy atom. The smallest absolute Gasteiger partial charge is 0.220 e. The first-order valence-corrected chi connectivity index (χ1v) is 15.2. The second-order valence-corrected chi connectivity index (χ2v) is 10.9. The molecule has 0 aliphatic rings. The van der Waals surface area contributed by atoms with Gasteiger partial charge in [-0.15, -0.1) is 0 Å². The Morgan fingerprint density at radius 2 is 0.943 bits per heavy atom. The molecule has 0 aromatic heterocycles. The molecule has 0 radical (unpaired) electrons. The van der Waals surface area contributed by atoms with Crippen LogP contribution >= 0.6 is 0 Å². The molecule has 0 unspecified atom stereocenters. The van der Waals surface area contributed by atoms with Gasteiger partial charge >= 0.3 is 0 Å². The normalized spacial score (nSPS) is 12.1. The summed E-state index contributed by atoms with van der Waals surface area (Å²) in [5.74, 6) is 0.207. The number of hydrogen-bond donors (Lipinski definition) is 1. The van der Waals surface area contributed by atoms with Crippen molar-refractivity contribution >= 4 is 5.91 Å². The topological polar surface area (TPSA) is 29.1 Å². The van der Waals surface area contributed by atoms with Crippen molar-refractivity contribution in [2.24, 2.45) is 0 Å². The van der Waals surface area contributed by atoms with E-state index in [1.165, 1.54) is 100 Å². The molecule has 35 heavy (non-hydrogen) atoms. The van der Waals surface area contributed by atoms with Crippen molar-refractivity contribution in [2.75, 3.05) is 6.54 Å². The molecule has 0 spiro atoms. The summed E-state index contributed by atoms with van der Waals surface area (Å²) >= 11 is 0. The first kappa shape index (κ1) is 33.7. The monoisotopic (exact) mass is 487 g/mol. The molecule has 0 saturated carbocycles. The Morgan fingerprint density at radius 3 is 1.40 bits per heavy atom. The van der Waals surface area contributed by atoms with E-state index in [1.54, 1.807) is 0 Å². The van der Waals surface area contributed by atoms with E-state index in [-0.39, 0.29) is 5.91 Å². The highest BCUT2D eigenvalue weighted by Gasteiger charge is 2.00. The first-order valence-electron chi connectivity index (χ1n) is 15.2. The zero-order valence-electron chi connectivity index (χ0n) is 24.5. The van der Waals surface area contributed by atoms with Gasteiger partial charge in [-0.2, -0.15) is 0 Å². The van der Waals surface area contributed by atoms with Crippen LogP contribution in [0.4, 0.5) is 0 Å². The lowest BCUT2D eigenvalue weighted by Gasteiger charge is -2.05. The summed E-state index contributed by atoms with van der Waals surface area (Å²) in [4.78, 5) is 12.1. The molecular weight excluding hydrogens is 426 g/mol. The standard InChI is InChI=1S/C33H61NO/c1-6-7-8-9-10-11-12-13-14-15-16-17-18-19-29-34-33(35)28-22-27-32(5)26-21-25-31(4)24-20-23-30(2)3/h23,25,27H,6-22,24,26,28-29H2,1-5H3,(H,34,35)/b31-25+,32-27+. The van der Waals surface area contributed by atoms with E-state index in [0.29, 0.717) is 6.42 Å². The zero-order valence-corrected chi connectivity index (χ0v) is 24.5. The Kier molecular flexibility index (Phi) is 24.8. The summed E-state index contributed by atoms with van der Waals surface area (Å²) in [6, 6.07) is 0. The second-order valence-electron chi connectivity index (χ2n) is 10.9. The number of allylic oxidation sites excluding steroid dienone is 6. The molecule has 0 aliphatic heterocycles. The predicted molar refractivity (Wildman–Crippen MR) is 158 cm³/mol. The van der Waals surface area contributed by atoms with Crippen molar-refractivity contribution in [3.05, 3.63) is 34.9 Å². The van der Waals surface area contributed by atoms with Gasteiger partial charge in [0.15, 0.2) is 0 Å². The van der Waals surface area contributed by atoms with E-state index in [2.05, 4.69) is 58.2 Å². The lowest BCUT2D eigenvalue weighted by atomic mass is 10.0. The molecule has 0 heterocycles. The maximum absolute atomic E-state index is 12.1.